The van der Waals surface area contributed by atoms with Gasteiger partial charge in [-0.25, -0.2) is 0 Å². The number of esters is 1. The van der Waals surface area contributed by atoms with Gasteiger partial charge in [0.05, 0.1) is 0 Å². The molecule has 1 aromatic rings. The molecule has 0 radical (unpaired) electrons. The molecule has 0 bridgehead atoms. The van der Waals surface area contributed by atoms with Crippen molar-refractivity contribution in [3.05, 3.63) is 29.8 Å². The highest BCUT2D eigenvalue weighted by Crippen LogP contribution is 2.28. The van der Waals surface area contributed by atoms with Crippen LogP contribution in [-0.2, 0) is 4.79 Å². The average molecular weight is 232 g/mol. The summed E-state index contributed by atoms with van der Waals surface area (Å²) in [5.74, 6) is 0.413. The Labute approximate surface area is 101 Å². The second-order valence-corrected chi connectivity index (χ2v) is 4.47. The van der Waals surface area contributed by atoms with Gasteiger partial charge >= 0.3 is 5.97 Å². The van der Waals surface area contributed by atoms with E-state index in [2.05, 4.69) is 0 Å². The summed E-state index contributed by atoms with van der Waals surface area (Å²) in [6.07, 6.45) is 4.24. The molecular formula is C14H16O3. The van der Waals surface area contributed by atoms with Gasteiger partial charge in [0.15, 0.2) is 5.78 Å². The van der Waals surface area contributed by atoms with Crippen LogP contribution >= 0.6 is 0 Å². The molecule has 1 saturated carbocycles. The van der Waals surface area contributed by atoms with Gasteiger partial charge in [-0.15, -0.1) is 0 Å². The van der Waals surface area contributed by atoms with Crippen molar-refractivity contribution in [2.24, 2.45) is 5.92 Å². The molecule has 17 heavy (non-hydrogen) atoms. The average Bonchev–Trinajstić information content (AvgIpc) is 2.81. The van der Waals surface area contributed by atoms with E-state index in [1.165, 1.54) is 6.92 Å². The van der Waals surface area contributed by atoms with Crippen molar-refractivity contribution in [2.45, 2.75) is 32.6 Å². The van der Waals surface area contributed by atoms with Crippen LogP contribution in [0.5, 0.6) is 5.75 Å². The molecule has 0 amide bonds. The normalized spacial score (nSPS) is 15.8. The first kappa shape index (κ1) is 11.8. The Bertz CT molecular complexity index is 431. The number of hydrogen-bond donors (Lipinski definition) is 0. The van der Waals surface area contributed by atoms with Crippen LogP contribution in [0.25, 0.3) is 0 Å². The molecule has 0 aromatic heterocycles. The van der Waals surface area contributed by atoms with Gasteiger partial charge in [-0.3, -0.25) is 9.59 Å². The molecule has 0 N–H and O–H groups in total. The summed E-state index contributed by atoms with van der Waals surface area (Å²) in [7, 11) is 0. The lowest BCUT2D eigenvalue weighted by atomic mass is 9.96. The predicted octanol–water partition coefficient (Wildman–Crippen LogP) is 2.98. The minimum absolute atomic E-state index is 0.155. The van der Waals surface area contributed by atoms with Crippen molar-refractivity contribution in [3.8, 4) is 5.75 Å². The molecule has 90 valence electrons. The van der Waals surface area contributed by atoms with Crippen molar-refractivity contribution in [1.29, 1.82) is 0 Å². The Kier molecular flexibility index (Phi) is 3.57. The van der Waals surface area contributed by atoms with E-state index >= 15 is 0 Å². The molecule has 1 aromatic carbocycles. The van der Waals surface area contributed by atoms with Crippen LogP contribution in [0.1, 0.15) is 43.0 Å². The van der Waals surface area contributed by atoms with E-state index in [1.807, 2.05) is 0 Å². The standard InChI is InChI=1S/C14H16O3/c1-10(15)17-13-8-4-7-12(9-13)14(16)11-5-2-3-6-11/h4,7-9,11H,2-3,5-6H2,1H3. The zero-order valence-corrected chi connectivity index (χ0v) is 9.94. The summed E-state index contributed by atoms with van der Waals surface area (Å²) in [6.45, 7) is 1.35. The molecule has 2 rings (SSSR count). The van der Waals surface area contributed by atoms with Crippen molar-refractivity contribution in [2.75, 3.05) is 0 Å². The number of carbonyl (C=O) groups is 2. The lowest BCUT2D eigenvalue weighted by Gasteiger charge is -2.09. The first-order valence-corrected chi connectivity index (χ1v) is 5.99. The van der Waals surface area contributed by atoms with Gasteiger partial charge in [-0.2, -0.15) is 0 Å². The first-order chi connectivity index (χ1) is 8.16. The van der Waals surface area contributed by atoms with Gasteiger partial charge in [0.1, 0.15) is 5.75 Å². The van der Waals surface area contributed by atoms with E-state index in [4.69, 9.17) is 4.74 Å². The van der Waals surface area contributed by atoms with Crippen LogP contribution in [0.15, 0.2) is 24.3 Å². The number of hydrogen-bond acceptors (Lipinski definition) is 3. The number of ether oxygens (including phenoxy) is 1. The SMILES string of the molecule is CC(=O)Oc1cccc(C(=O)C2CCCC2)c1. The second kappa shape index (κ2) is 5.13. The highest BCUT2D eigenvalue weighted by Gasteiger charge is 2.23. The fourth-order valence-corrected chi connectivity index (χ4v) is 2.30. The van der Waals surface area contributed by atoms with Gasteiger partial charge in [0.2, 0.25) is 0 Å². The quantitative estimate of drug-likeness (QED) is 0.457. The van der Waals surface area contributed by atoms with Crippen molar-refractivity contribution in [3.63, 3.8) is 0 Å². The van der Waals surface area contributed by atoms with E-state index in [0.717, 1.165) is 25.7 Å². The summed E-state index contributed by atoms with van der Waals surface area (Å²) in [5.41, 5.74) is 0.649. The third kappa shape index (κ3) is 2.93. The topological polar surface area (TPSA) is 43.4 Å². The van der Waals surface area contributed by atoms with Crippen LogP contribution < -0.4 is 4.74 Å². The van der Waals surface area contributed by atoms with Crippen molar-refractivity contribution >= 4 is 11.8 Å². The number of carbonyl (C=O) groups excluding carboxylic acids is 2. The smallest absolute Gasteiger partial charge is 0.308 e. The summed E-state index contributed by atoms with van der Waals surface area (Å²) >= 11 is 0. The predicted molar refractivity (Wildman–Crippen MR) is 64.0 cm³/mol. The minimum Gasteiger partial charge on any atom is -0.427 e. The van der Waals surface area contributed by atoms with Crippen molar-refractivity contribution < 1.29 is 14.3 Å². The highest BCUT2D eigenvalue weighted by atomic mass is 16.5. The van der Waals surface area contributed by atoms with Crippen molar-refractivity contribution in [1.82, 2.24) is 0 Å². The Morgan fingerprint density at radius 2 is 1.94 bits per heavy atom. The zero-order valence-electron chi connectivity index (χ0n) is 9.94. The van der Waals surface area contributed by atoms with Crippen LogP contribution in [0, 0.1) is 5.92 Å². The Morgan fingerprint density at radius 3 is 2.59 bits per heavy atom. The molecule has 0 spiro atoms. The number of benzene rings is 1. The lowest BCUT2D eigenvalue weighted by molar-refractivity contribution is -0.131. The maximum absolute atomic E-state index is 12.1. The summed E-state index contributed by atoms with van der Waals surface area (Å²) in [4.78, 5) is 23.0. The van der Waals surface area contributed by atoms with Crippen LogP contribution in [0.2, 0.25) is 0 Å². The van der Waals surface area contributed by atoms with Crippen LogP contribution in [0.3, 0.4) is 0 Å². The maximum Gasteiger partial charge on any atom is 0.308 e. The zero-order chi connectivity index (χ0) is 12.3. The molecule has 0 atom stereocenters. The molecule has 3 nitrogen and oxygen atoms in total. The van der Waals surface area contributed by atoms with E-state index in [-0.39, 0.29) is 17.7 Å². The van der Waals surface area contributed by atoms with E-state index in [9.17, 15) is 9.59 Å². The first-order valence-electron chi connectivity index (χ1n) is 5.99. The lowest BCUT2D eigenvalue weighted by Crippen LogP contribution is -2.11. The monoisotopic (exact) mass is 232 g/mol. The molecule has 0 saturated heterocycles. The Morgan fingerprint density at radius 1 is 1.24 bits per heavy atom. The fourth-order valence-electron chi connectivity index (χ4n) is 2.30. The summed E-state index contributed by atoms with van der Waals surface area (Å²) < 4.78 is 4.98. The number of rotatable bonds is 3. The number of ketones is 1. The van der Waals surface area contributed by atoms with Gasteiger partial charge in [-0.05, 0) is 25.0 Å². The Hall–Kier alpha value is -1.64. The van der Waals surface area contributed by atoms with E-state index < -0.39 is 0 Å². The van der Waals surface area contributed by atoms with Gasteiger partial charge < -0.3 is 4.74 Å². The molecule has 1 aliphatic rings. The third-order valence-corrected chi connectivity index (χ3v) is 3.11. The fraction of sp³-hybridized carbons (Fsp3) is 0.429. The molecular weight excluding hydrogens is 216 g/mol. The third-order valence-electron chi connectivity index (χ3n) is 3.11. The number of Topliss-reactive ketones (excluding diaryl/α,β-unsaturated/α-hetero) is 1. The molecule has 1 aliphatic carbocycles. The molecule has 0 unspecified atom stereocenters. The highest BCUT2D eigenvalue weighted by molar-refractivity contribution is 5.98. The second-order valence-electron chi connectivity index (χ2n) is 4.47. The van der Waals surface area contributed by atoms with Gasteiger partial charge in [0.25, 0.3) is 0 Å². The summed E-state index contributed by atoms with van der Waals surface area (Å²) in [5, 5.41) is 0. The summed E-state index contributed by atoms with van der Waals surface area (Å²) in [6, 6.07) is 6.88. The largest absolute Gasteiger partial charge is 0.427 e. The van der Waals surface area contributed by atoms with E-state index in [1.54, 1.807) is 24.3 Å². The van der Waals surface area contributed by atoms with Crippen LogP contribution in [-0.4, -0.2) is 11.8 Å². The van der Waals surface area contributed by atoms with Gasteiger partial charge in [-0.1, -0.05) is 25.0 Å². The maximum atomic E-state index is 12.1. The molecule has 1 fully saturated rings. The molecule has 0 aliphatic heterocycles. The van der Waals surface area contributed by atoms with Crippen LogP contribution in [0.4, 0.5) is 0 Å². The Balaban J connectivity index is 2.14. The van der Waals surface area contributed by atoms with E-state index in [0.29, 0.717) is 11.3 Å². The van der Waals surface area contributed by atoms with Gasteiger partial charge in [0, 0.05) is 18.4 Å². The molecule has 3 heteroatoms. The minimum atomic E-state index is -0.365. The molecule has 0 heterocycles.